The minimum Gasteiger partial charge on any atom is -0.395 e. The van der Waals surface area contributed by atoms with Gasteiger partial charge < -0.3 is 5.11 Å². The van der Waals surface area contributed by atoms with Gasteiger partial charge in [0, 0.05) is 25.0 Å². The monoisotopic (exact) mass is 353 g/mol. The molecular formula is C21H36ClNO. The van der Waals surface area contributed by atoms with Gasteiger partial charge in [-0.1, -0.05) is 88.6 Å². The van der Waals surface area contributed by atoms with Crippen molar-refractivity contribution in [1.29, 1.82) is 0 Å². The van der Waals surface area contributed by atoms with Crippen molar-refractivity contribution in [2.24, 2.45) is 0 Å². The summed E-state index contributed by atoms with van der Waals surface area (Å²) >= 11 is 6.54. The second kappa shape index (κ2) is 14.7. The molecule has 3 heteroatoms. The second-order valence-electron chi connectivity index (χ2n) is 6.81. The van der Waals surface area contributed by atoms with Gasteiger partial charge in [0.05, 0.1) is 6.61 Å². The van der Waals surface area contributed by atoms with Crippen LogP contribution in [0.2, 0.25) is 0 Å². The van der Waals surface area contributed by atoms with Crippen LogP contribution in [0, 0.1) is 0 Å². The lowest BCUT2D eigenvalue weighted by Gasteiger charge is -2.24. The summed E-state index contributed by atoms with van der Waals surface area (Å²) in [7, 11) is 0. The fourth-order valence-electron chi connectivity index (χ4n) is 3.09. The molecule has 0 saturated heterocycles. The highest BCUT2D eigenvalue weighted by Gasteiger charge is 2.12. The molecule has 0 saturated carbocycles. The quantitative estimate of drug-likeness (QED) is 0.327. The minimum atomic E-state index is 0.181. The topological polar surface area (TPSA) is 23.5 Å². The molecule has 0 bridgehead atoms. The van der Waals surface area contributed by atoms with Gasteiger partial charge in [-0.2, -0.15) is 0 Å². The number of rotatable bonds is 15. The normalized spacial score (nSPS) is 12.7. The first-order chi connectivity index (χ1) is 11.8. The number of hydrogen-bond acceptors (Lipinski definition) is 2. The largest absolute Gasteiger partial charge is 0.395 e. The molecule has 0 amide bonds. The minimum absolute atomic E-state index is 0.181. The van der Waals surface area contributed by atoms with E-state index >= 15 is 0 Å². The number of unbranched alkanes of at least 4 members (excludes halogenated alkanes) is 7. The van der Waals surface area contributed by atoms with Crippen LogP contribution in [-0.4, -0.2) is 35.1 Å². The molecule has 1 aromatic carbocycles. The van der Waals surface area contributed by atoms with Gasteiger partial charge in [0.1, 0.15) is 0 Å². The van der Waals surface area contributed by atoms with Gasteiger partial charge in [0.15, 0.2) is 0 Å². The number of aliphatic hydroxyl groups is 1. The van der Waals surface area contributed by atoms with E-state index in [0.717, 1.165) is 19.5 Å². The number of nitrogens with zero attached hydrogens (tertiary/aromatic N) is 1. The van der Waals surface area contributed by atoms with Crippen LogP contribution in [0.1, 0.15) is 70.3 Å². The Bertz CT molecular complexity index is 385. The van der Waals surface area contributed by atoms with Crippen molar-refractivity contribution < 1.29 is 5.11 Å². The molecule has 0 aromatic heterocycles. The molecule has 0 aliphatic heterocycles. The van der Waals surface area contributed by atoms with Gasteiger partial charge in [-0.25, -0.2) is 0 Å². The first-order valence-electron chi connectivity index (χ1n) is 9.77. The third-order valence-electron chi connectivity index (χ3n) is 4.49. The highest BCUT2D eigenvalue weighted by Crippen LogP contribution is 2.15. The number of benzene rings is 1. The van der Waals surface area contributed by atoms with E-state index in [4.69, 9.17) is 11.6 Å². The van der Waals surface area contributed by atoms with Crippen molar-refractivity contribution in [3.8, 4) is 0 Å². The summed E-state index contributed by atoms with van der Waals surface area (Å²) in [6, 6.07) is 10.4. The summed E-state index contributed by atoms with van der Waals surface area (Å²) in [5.41, 5.74) is 1.28. The van der Waals surface area contributed by atoms with Crippen molar-refractivity contribution >= 4 is 11.6 Å². The SMILES string of the molecule is CCCCCCCCCC[C@H](Cl)CN(CCO)Cc1ccccc1. The fraction of sp³-hybridized carbons (Fsp3) is 0.714. The van der Waals surface area contributed by atoms with Gasteiger partial charge in [-0.05, 0) is 12.0 Å². The lowest BCUT2D eigenvalue weighted by Crippen LogP contribution is -2.32. The molecule has 2 nitrogen and oxygen atoms in total. The van der Waals surface area contributed by atoms with E-state index < -0.39 is 0 Å². The third-order valence-corrected chi connectivity index (χ3v) is 4.85. The van der Waals surface area contributed by atoms with Crippen molar-refractivity contribution in [2.75, 3.05) is 19.7 Å². The van der Waals surface area contributed by atoms with Crippen LogP contribution in [0.3, 0.4) is 0 Å². The Morgan fingerprint density at radius 3 is 2.21 bits per heavy atom. The van der Waals surface area contributed by atoms with Crippen LogP contribution < -0.4 is 0 Å². The number of hydrogen-bond donors (Lipinski definition) is 1. The maximum atomic E-state index is 9.28. The predicted molar refractivity (Wildman–Crippen MR) is 106 cm³/mol. The zero-order valence-corrected chi connectivity index (χ0v) is 16.2. The average Bonchev–Trinajstić information content (AvgIpc) is 2.58. The molecule has 1 N–H and O–H groups in total. The molecule has 138 valence electrons. The first-order valence-corrected chi connectivity index (χ1v) is 10.2. The lowest BCUT2D eigenvalue weighted by atomic mass is 10.1. The van der Waals surface area contributed by atoms with Crippen LogP contribution in [0.4, 0.5) is 0 Å². The third kappa shape index (κ3) is 11.1. The molecule has 1 aromatic rings. The Hall–Kier alpha value is -0.570. The van der Waals surface area contributed by atoms with Gasteiger partial charge in [-0.15, -0.1) is 11.6 Å². The van der Waals surface area contributed by atoms with E-state index in [-0.39, 0.29) is 12.0 Å². The molecule has 0 unspecified atom stereocenters. The van der Waals surface area contributed by atoms with E-state index in [1.807, 2.05) is 6.07 Å². The average molecular weight is 354 g/mol. The van der Waals surface area contributed by atoms with Gasteiger partial charge in [0.25, 0.3) is 0 Å². The van der Waals surface area contributed by atoms with Crippen molar-refractivity contribution in [3.63, 3.8) is 0 Å². The molecule has 0 aliphatic carbocycles. The summed E-state index contributed by atoms with van der Waals surface area (Å²) in [5.74, 6) is 0. The molecule has 0 aliphatic rings. The summed E-state index contributed by atoms with van der Waals surface area (Å²) in [5, 5.41) is 9.46. The second-order valence-corrected chi connectivity index (χ2v) is 7.42. The van der Waals surface area contributed by atoms with Gasteiger partial charge in [0.2, 0.25) is 0 Å². The summed E-state index contributed by atoms with van der Waals surface area (Å²) in [6.45, 7) is 4.86. The van der Waals surface area contributed by atoms with Gasteiger partial charge >= 0.3 is 0 Å². The molecule has 0 heterocycles. The van der Waals surface area contributed by atoms with E-state index in [1.54, 1.807) is 0 Å². The highest BCUT2D eigenvalue weighted by molar-refractivity contribution is 6.20. The predicted octanol–water partition coefficient (Wildman–Crippen LogP) is 5.62. The molecule has 0 fully saturated rings. The lowest BCUT2D eigenvalue weighted by molar-refractivity contribution is 0.188. The van der Waals surface area contributed by atoms with Crippen molar-refractivity contribution in [1.82, 2.24) is 4.90 Å². The molecule has 0 radical (unpaired) electrons. The van der Waals surface area contributed by atoms with Crippen LogP contribution in [0.5, 0.6) is 0 Å². The Kier molecular flexibility index (Phi) is 13.2. The molecule has 1 rings (SSSR count). The molecule has 0 spiro atoms. The summed E-state index contributed by atoms with van der Waals surface area (Å²) in [4.78, 5) is 2.26. The molecule has 24 heavy (non-hydrogen) atoms. The van der Waals surface area contributed by atoms with E-state index in [1.165, 1.54) is 56.9 Å². The van der Waals surface area contributed by atoms with Crippen LogP contribution in [0.25, 0.3) is 0 Å². The zero-order valence-electron chi connectivity index (χ0n) is 15.4. The Morgan fingerprint density at radius 1 is 0.958 bits per heavy atom. The maximum Gasteiger partial charge on any atom is 0.0558 e. The molecule has 1 atom stereocenters. The number of alkyl halides is 1. The Labute approximate surface area is 154 Å². The van der Waals surface area contributed by atoms with E-state index in [9.17, 15) is 5.11 Å². The van der Waals surface area contributed by atoms with E-state index in [0.29, 0.717) is 6.54 Å². The van der Waals surface area contributed by atoms with Gasteiger partial charge in [-0.3, -0.25) is 4.90 Å². The number of halogens is 1. The van der Waals surface area contributed by atoms with Crippen LogP contribution >= 0.6 is 11.6 Å². The number of aliphatic hydroxyl groups excluding tert-OH is 1. The Morgan fingerprint density at radius 2 is 1.58 bits per heavy atom. The fourth-order valence-corrected chi connectivity index (χ4v) is 3.44. The summed E-state index contributed by atoms with van der Waals surface area (Å²) in [6.07, 6.45) is 11.8. The van der Waals surface area contributed by atoms with Crippen LogP contribution in [-0.2, 0) is 6.54 Å². The smallest absolute Gasteiger partial charge is 0.0558 e. The standard InChI is InChI=1S/C21H36ClNO/c1-2-3-4-5-6-7-8-12-15-21(22)19-23(16-17-24)18-20-13-10-9-11-14-20/h9-11,13-14,21,24H,2-8,12,15-19H2,1H3/t21-/m0/s1. The highest BCUT2D eigenvalue weighted by atomic mass is 35.5. The van der Waals surface area contributed by atoms with Crippen molar-refractivity contribution in [2.45, 2.75) is 76.6 Å². The first kappa shape index (κ1) is 21.5. The van der Waals surface area contributed by atoms with E-state index in [2.05, 4.69) is 36.1 Å². The molecular weight excluding hydrogens is 318 g/mol. The maximum absolute atomic E-state index is 9.28. The van der Waals surface area contributed by atoms with Crippen molar-refractivity contribution in [3.05, 3.63) is 35.9 Å². The zero-order chi connectivity index (χ0) is 17.5. The van der Waals surface area contributed by atoms with Crippen LogP contribution in [0.15, 0.2) is 30.3 Å². The Balaban J connectivity index is 2.14. The summed E-state index contributed by atoms with van der Waals surface area (Å²) < 4.78 is 0.